The summed E-state index contributed by atoms with van der Waals surface area (Å²) in [6, 6.07) is 0.164. The van der Waals surface area contributed by atoms with Crippen LogP contribution < -0.4 is 10.6 Å². The van der Waals surface area contributed by atoms with Gasteiger partial charge in [0, 0.05) is 24.8 Å². The molecule has 19 heavy (non-hydrogen) atoms. The molecule has 0 saturated carbocycles. The van der Waals surface area contributed by atoms with Gasteiger partial charge in [0.15, 0.2) is 0 Å². The van der Waals surface area contributed by atoms with E-state index in [9.17, 15) is 5.11 Å². The summed E-state index contributed by atoms with van der Waals surface area (Å²) in [5, 5.41) is 15.9. The van der Waals surface area contributed by atoms with E-state index in [4.69, 9.17) is 0 Å². The molecule has 0 aliphatic heterocycles. The predicted octanol–water partition coefficient (Wildman–Crippen LogP) is 2.34. The summed E-state index contributed by atoms with van der Waals surface area (Å²) < 4.78 is 0. The Morgan fingerprint density at radius 3 is 2.37 bits per heavy atom. The lowest BCUT2D eigenvalue weighted by Crippen LogP contribution is -2.27. The topological polar surface area (TPSA) is 70.1 Å². The monoisotopic (exact) mass is 266 g/mol. The van der Waals surface area contributed by atoms with E-state index in [2.05, 4.69) is 34.4 Å². The fourth-order valence-corrected chi connectivity index (χ4v) is 1.70. The van der Waals surface area contributed by atoms with E-state index in [1.54, 1.807) is 0 Å². The van der Waals surface area contributed by atoms with Crippen molar-refractivity contribution < 1.29 is 5.11 Å². The van der Waals surface area contributed by atoms with Gasteiger partial charge in [0.2, 0.25) is 0 Å². The molecule has 0 fully saturated rings. The molecule has 0 saturated heterocycles. The third-order valence-corrected chi connectivity index (χ3v) is 3.31. The number of nitrogens with zero attached hydrogens (tertiary/aromatic N) is 2. The molecule has 0 aromatic carbocycles. The maximum absolute atomic E-state index is 9.19. The van der Waals surface area contributed by atoms with Crippen molar-refractivity contribution in [1.82, 2.24) is 9.97 Å². The van der Waals surface area contributed by atoms with Gasteiger partial charge >= 0.3 is 0 Å². The smallest absolute Gasteiger partial charge is 0.134 e. The summed E-state index contributed by atoms with van der Waals surface area (Å²) in [7, 11) is 0. The van der Waals surface area contributed by atoms with Crippen LogP contribution in [0.2, 0.25) is 0 Å². The number of rotatable bonds is 7. The van der Waals surface area contributed by atoms with Crippen molar-refractivity contribution in [3.63, 3.8) is 0 Å². The maximum atomic E-state index is 9.19. The van der Waals surface area contributed by atoms with Gasteiger partial charge in [0.1, 0.15) is 17.5 Å². The maximum Gasteiger partial charge on any atom is 0.134 e. The zero-order valence-corrected chi connectivity index (χ0v) is 12.6. The lowest BCUT2D eigenvalue weighted by molar-refractivity contribution is 0.226. The van der Waals surface area contributed by atoms with Gasteiger partial charge in [-0.15, -0.1) is 0 Å². The fraction of sp³-hybridized carbons (Fsp3) is 0.714. The van der Waals surface area contributed by atoms with Crippen LogP contribution in [0.1, 0.15) is 38.6 Å². The van der Waals surface area contributed by atoms with Gasteiger partial charge in [-0.3, -0.25) is 0 Å². The molecule has 1 heterocycles. The Balaban J connectivity index is 2.91. The average molecular weight is 266 g/mol. The lowest BCUT2D eigenvalue weighted by Gasteiger charge is -2.22. The standard InChI is InChI=1S/C14H26N4O/c1-6-7-15-13-10(3)14(18-12(5)17-13)16-11(4)9(2)8-19/h9,11,19H,6-8H2,1-5H3,(H2,15,16,17,18). The van der Waals surface area contributed by atoms with Crippen LogP contribution >= 0.6 is 0 Å². The van der Waals surface area contributed by atoms with Crippen LogP contribution in [-0.4, -0.2) is 34.3 Å². The third-order valence-electron chi connectivity index (χ3n) is 3.31. The number of aliphatic hydroxyl groups is 1. The van der Waals surface area contributed by atoms with E-state index in [1.165, 1.54) is 0 Å². The average Bonchev–Trinajstić information content (AvgIpc) is 2.39. The van der Waals surface area contributed by atoms with Crippen molar-refractivity contribution in [2.24, 2.45) is 5.92 Å². The Kier molecular flexibility index (Phi) is 6.02. The van der Waals surface area contributed by atoms with Crippen LogP contribution in [0.3, 0.4) is 0 Å². The zero-order valence-electron chi connectivity index (χ0n) is 12.6. The molecular formula is C14H26N4O. The van der Waals surface area contributed by atoms with Crippen molar-refractivity contribution in [3.8, 4) is 0 Å². The second-order valence-electron chi connectivity index (χ2n) is 5.11. The highest BCUT2D eigenvalue weighted by molar-refractivity contribution is 5.57. The molecule has 2 unspecified atom stereocenters. The van der Waals surface area contributed by atoms with E-state index in [1.807, 2.05) is 20.8 Å². The van der Waals surface area contributed by atoms with Crippen LogP contribution in [0.15, 0.2) is 0 Å². The van der Waals surface area contributed by atoms with Gasteiger partial charge < -0.3 is 15.7 Å². The van der Waals surface area contributed by atoms with Gasteiger partial charge in [-0.1, -0.05) is 13.8 Å². The highest BCUT2D eigenvalue weighted by Crippen LogP contribution is 2.21. The predicted molar refractivity (Wildman–Crippen MR) is 79.6 cm³/mol. The number of hydrogen-bond donors (Lipinski definition) is 3. The molecule has 0 radical (unpaired) electrons. The van der Waals surface area contributed by atoms with Crippen LogP contribution in [0, 0.1) is 19.8 Å². The van der Waals surface area contributed by atoms with Crippen molar-refractivity contribution in [2.75, 3.05) is 23.8 Å². The number of nitrogens with one attached hydrogen (secondary N) is 2. The van der Waals surface area contributed by atoms with Crippen LogP contribution in [0.25, 0.3) is 0 Å². The van der Waals surface area contributed by atoms with Gasteiger partial charge in [-0.25, -0.2) is 9.97 Å². The van der Waals surface area contributed by atoms with Crippen molar-refractivity contribution in [2.45, 2.75) is 47.1 Å². The van der Waals surface area contributed by atoms with E-state index < -0.39 is 0 Å². The molecule has 0 spiro atoms. The molecule has 0 aliphatic carbocycles. The molecule has 108 valence electrons. The molecule has 1 rings (SSSR count). The summed E-state index contributed by atoms with van der Waals surface area (Å²) in [5.74, 6) is 2.66. The molecule has 0 amide bonds. The SMILES string of the molecule is CCCNc1nc(C)nc(NC(C)C(C)CO)c1C. The van der Waals surface area contributed by atoms with Crippen LogP contribution in [0.5, 0.6) is 0 Å². The lowest BCUT2D eigenvalue weighted by atomic mass is 10.1. The van der Waals surface area contributed by atoms with Gasteiger partial charge in [0.05, 0.1) is 0 Å². The van der Waals surface area contributed by atoms with Gasteiger partial charge in [-0.2, -0.15) is 0 Å². The number of anilines is 2. The van der Waals surface area contributed by atoms with E-state index >= 15 is 0 Å². The molecule has 2 atom stereocenters. The van der Waals surface area contributed by atoms with E-state index in [0.29, 0.717) is 0 Å². The number of aryl methyl sites for hydroxylation is 1. The Bertz CT molecular complexity index is 409. The first-order chi connectivity index (χ1) is 8.99. The molecular weight excluding hydrogens is 240 g/mol. The summed E-state index contributed by atoms with van der Waals surface area (Å²) in [5.41, 5.74) is 1.02. The Morgan fingerprint density at radius 1 is 1.16 bits per heavy atom. The summed E-state index contributed by atoms with van der Waals surface area (Å²) >= 11 is 0. The quantitative estimate of drug-likeness (QED) is 0.706. The molecule has 0 aliphatic rings. The van der Waals surface area contributed by atoms with Gasteiger partial charge in [0.25, 0.3) is 0 Å². The molecule has 1 aromatic rings. The normalized spacial score (nSPS) is 14.0. The summed E-state index contributed by atoms with van der Waals surface area (Å²) in [4.78, 5) is 8.89. The van der Waals surface area contributed by atoms with Crippen LogP contribution in [-0.2, 0) is 0 Å². The Hall–Kier alpha value is -1.36. The minimum atomic E-state index is 0.164. The van der Waals surface area contributed by atoms with E-state index in [0.717, 1.165) is 36.0 Å². The number of hydrogen-bond acceptors (Lipinski definition) is 5. The Morgan fingerprint density at radius 2 is 1.79 bits per heavy atom. The fourth-order valence-electron chi connectivity index (χ4n) is 1.70. The van der Waals surface area contributed by atoms with Crippen molar-refractivity contribution >= 4 is 11.6 Å². The molecule has 5 nitrogen and oxygen atoms in total. The number of aliphatic hydroxyl groups excluding tert-OH is 1. The highest BCUT2D eigenvalue weighted by atomic mass is 16.3. The minimum absolute atomic E-state index is 0.164. The molecule has 3 N–H and O–H groups in total. The molecule has 1 aromatic heterocycles. The van der Waals surface area contributed by atoms with Gasteiger partial charge in [-0.05, 0) is 33.1 Å². The third kappa shape index (κ3) is 4.35. The molecule has 5 heteroatoms. The first-order valence-corrected chi connectivity index (χ1v) is 6.96. The summed E-state index contributed by atoms with van der Waals surface area (Å²) in [6.45, 7) is 11.2. The first kappa shape index (κ1) is 15.7. The molecule has 0 bridgehead atoms. The second kappa shape index (κ2) is 7.28. The largest absolute Gasteiger partial charge is 0.396 e. The minimum Gasteiger partial charge on any atom is -0.396 e. The van der Waals surface area contributed by atoms with Crippen molar-refractivity contribution in [3.05, 3.63) is 11.4 Å². The second-order valence-corrected chi connectivity index (χ2v) is 5.11. The number of aromatic nitrogens is 2. The highest BCUT2D eigenvalue weighted by Gasteiger charge is 2.15. The zero-order chi connectivity index (χ0) is 14.4. The Labute approximate surface area is 115 Å². The van der Waals surface area contributed by atoms with Crippen molar-refractivity contribution in [1.29, 1.82) is 0 Å². The van der Waals surface area contributed by atoms with E-state index in [-0.39, 0.29) is 18.6 Å². The first-order valence-electron chi connectivity index (χ1n) is 6.96. The van der Waals surface area contributed by atoms with Crippen LogP contribution in [0.4, 0.5) is 11.6 Å². The summed E-state index contributed by atoms with van der Waals surface area (Å²) in [6.07, 6.45) is 1.06.